The van der Waals surface area contributed by atoms with E-state index in [9.17, 15) is 0 Å². The highest BCUT2D eigenvalue weighted by atomic mass is 16.3. The molecule has 0 spiro atoms. The summed E-state index contributed by atoms with van der Waals surface area (Å²) in [5.74, 6) is 1.76. The Morgan fingerprint density at radius 1 is 1.05 bits per heavy atom. The van der Waals surface area contributed by atoms with Crippen molar-refractivity contribution in [2.45, 2.75) is 0 Å². The number of nitrogens with zero attached hydrogens (tertiary/aromatic N) is 2. The zero-order chi connectivity index (χ0) is 14.9. The van der Waals surface area contributed by atoms with Crippen LogP contribution in [0.2, 0.25) is 0 Å². The number of hydrogen-bond acceptors (Lipinski definition) is 4. The molecule has 0 bridgehead atoms. The van der Waals surface area contributed by atoms with Crippen molar-refractivity contribution in [1.82, 2.24) is 5.32 Å². The van der Waals surface area contributed by atoms with Gasteiger partial charge in [0.25, 0.3) is 0 Å². The second-order valence-electron chi connectivity index (χ2n) is 5.21. The van der Waals surface area contributed by atoms with Gasteiger partial charge >= 0.3 is 0 Å². The van der Waals surface area contributed by atoms with Gasteiger partial charge in [-0.05, 0) is 24.3 Å². The minimum Gasteiger partial charge on any atom is -0.456 e. The van der Waals surface area contributed by atoms with Crippen molar-refractivity contribution in [2.24, 2.45) is 4.99 Å². The van der Waals surface area contributed by atoms with Gasteiger partial charge in [0.15, 0.2) is 0 Å². The maximum Gasteiger partial charge on any atom is 0.135 e. The molecule has 0 saturated heterocycles. The predicted molar refractivity (Wildman–Crippen MR) is 85.8 cm³/mol. The normalized spacial score (nSPS) is 13.7. The van der Waals surface area contributed by atoms with Gasteiger partial charge in [-0.3, -0.25) is 4.99 Å². The number of nitrogens with one attached hydrogen (secondary N) is 1. The van der Waals surface area contributed by atoms with Gasteiger partial charge in [0.1, 0.15) is 17.2 Å². The van der Waals surface area contributed by atoms with E-state index in [1.165, 1.54) is 0 Å². The zero-order valence-electron chi connectivity index (χ0n) is 11.8. The van der Waals surface area contributed by atoms with Crippen LogP contribution in [0.4, 0.5) is 0 Å². The maximum absolute atomic E-state index is 8.96. The van der Waals surface area contributed by atoms with Crippen molar-refractivity contribution >= 4 is 16.8 Å². The summed E-state index contributed by atoms with van der Waals surface area (Å²) < 4.78 is 5.86. The molecule has 0 atom stereocenters. The van der Waals surface area contributed by atoms with Crippen molar-refractivity contribution in [3.05, 3.63) is 59.7 Å². The Bertz CT molecular complexity index is 914. The van der Waals surface area contributed by atoms with Crippen LogP contribution in [0.1, 0.15) is 11.1 Å². The van der Waals surface area contributed by atoms with Gasteiger partial charge < -0.3 is 9.73 Å². The fourth-order valence-corrected chi connectivity index (χ4v) is 2.64. The summed E-state index contributed by atoms with van der Waals surface area (Å²) in [4.78, 5) is 4.41. The highest BCUT2D eigenvalue weighted by Gasteiger charge is 2.10. The lowest BCUT2D eigenvalue weighted by Gasteiger charge is -2.03. The fraction of sp³-hybridized carbons (Fsp3) is 0.111. The van der Waals surface area contributed by atoms with E-state index in [0.29, 0.717) is 5.56 Å². The SMILES string of the molecule is N#Cc1ccc2oc(-c3ccc(C4=NCCN4)cc3)cc2c1. The number of aliphatic imine (C=N–C) groups is 1. The Balaban J connectivity index is 1.70. The van der Waals surface area contributed by atoms with E-state index in [4.69, 9.17) is 9.68 Å². The van der Waals surface area contributed by atoms with E-state index in [-0.39, 0.29) is 0 Å². The molecule has 0 radical (unpaired) electrons. The molecular weight excluding hydrogens is 274 g/mol. The summed E-state index contributed by atoms with van der Waals surface area (Å²) in [6.45, 7) is 1.74. The lowest BCUT2D eigenvalue weighted by atomic mass is 10.1. The monoisotopic (exact) mass is 287 g/mol. The quantitative estimate of drug-likeness (QED) is 0.786. The summed E-state index contributed by atoms with van der Waals surface area (Å²) in [7, 11) is 0. The standard InChI is InChI=1S/C18H13N3O/c19-11-12-1-6-16-15(9-12)10-17(22-16)13-2-4-14(5-3-13)18-20-7-8-21-18/h1-6,9-10H,7-8H2,(H,20,21). The Labute approximate surface area is 127 Å². The average molecular weight is 287 g/mol. The molecule has 1 aliphatic heterocycles. The number of furan rings is 1. The first-order chi connectivity index (χ1) is 10.8. The van der Waals surface area contributed by atoms with Crippen molar-refractivity contribution in [1.29, 1.82) is 5.26 Å². The Hall–Kier alpha value is -3.06. The summed E-state index contributed by atoms with van der Waals surface area (Å²) in [5.41, 5.74) is 3.53. The first-order valence-electron chi connectivity index (χ1n) is 7.16. The molecular formula is C18H13N3O. The molecule has 106 valence electrons. The van der Waals surface area contributed by atoms with Crippen LogP contribution >= 0.6 is 0 Å². The molecule has 0 saturated carbocycles. The Morgan fingerprint density at radius 3 is 2.59 bits per heavy atom. The minimum atomic E-state index is 0.639. The number of nitriles is 1. The number of hydrogen-bond donors (Lipinski definition) is 1. The van der Waals surface area contributed by atoms with Crippen LogP contribution in [0.15, 0.2) is 57.9 Å². The lowest BCUT2D eigenvalue weighted by molar-refractivity contribution is 0.631. The lowest BCUT2D eigenvalue weighted by Crippen LogP contribution is -2.19. The summed E-state index contributed by atoms with van der Waals surface area (Å²) >= 11 is 0. The minimum absolute atomic E-state index is 0.639. The molecule has 4 heteroatoms. The molecule has 22 heavy (non-hydrogen) atoms. The highest BCUT2D eigenvalue weighted by molar-refractivity contribution is 6.00. The van der Waals surface area contributed by atoms with E-state index in [1.807, 2.05) is 42.5 Å². The van der Waals surface area contributed by atoms with Crippen LogP contribution in [0.3, 0.4) is 0 Å². The number of amidine groups is 1. The molecule has 4 rings (SSSR count). The summed E-state index contributed by atoms with van der Waals surface area (Å²) in [6, 6.07) is 17.7. The van der Waals surface area contributed by atoms with Crippen LogP contribution in [-0.2, 0) is 0 Å². The first kappa shape index (κ1) is 12.7. The van der Waals surface area contributed by atoms with Crippen LogP contribution in [0.5, 0.6) is 0 Å². The van der Waals surface area contributed by atoms with Gasteiger partial charge in [0.05, 0.1) is 18.2 Å². The van der Waals surface area contributed by atoms with Crippen molar-refractivity contribution < 1.29 is 4.42 Å². The second-order valence-corrected chi connectivity index (χ2v) is 5.21. The van der Waals surface area contributed by atoms with E-state index in [1.54, 1.807) is 6.07 Å². The van der Waals surface area contributed by atoms with E-state index in [0.717, 1.165) is 46.8 Å². The number of rotatable bonds is 2. The molecule has 2 aromatic carbocycles. The largest absolute Gasteiger partial charge is 0.456 e. The maximum atomic E-state index is 8.96. The Kier molecular flexibility index (Phi) is 2.90. The van der Waals surface area contributed by atoms with Gasteiger partial charge in [-0.1, -0.05) is 24.3 Å². The van der Waals surface area contributed by atoms with E-state index >= 15 is 0 Å². The van der Waals surface area contributed by atoms with Crippen LogP contribution < -0.4 is 5.32 Å². The summed E-state index contributed by atoms with van der Waals surface area (Å²) in [6.07, 6.45) is 0. The number of fused-ring (bicyclic) bond motifs is 1. The third kappa shape index (κ3) is 2.13. The van der Waals surface area contributed by atoms with E-state index < -0.39 is 0 Å². The predicted octanol–water partition coefficient (Wildman–Crippen LogP) is 3.32. The van der Waals surface area contributed by atoms with Crippen molar-refractivity contribution in [3.8, 4) is 17.4 Å². The van der Waals surface area contributed by atoms with Gasteiger partial charge in [0, 0.05) is 23.1 Å². The fourth-order valence-electron chi connectivity index (χ4n) is 2.64. The third-order valence-corrected chi connectivity index (χ3v) is 3.76. The molecule has 0 amide bonds. The van der Waals surface area contributed by atoms with Gasteiger partial charge in [0.2, 0.25) is 0 Å². The zero-order valence-corrected chi connectivity index (χ0v) is 11.8. The molecule has 1 N–H and O–H groups in total. The molecule has 0 unspecified atom stereocenters. The van der Waals surface area contributed by atoms with Crippen LogP contribution in [0.25, 0.3) is 22.3 Å². The molecule has 4 nitrogen and oxygen atoms in total. The van der Waals surface area contributed by atoms with Crippen LogP contribution in [0, 0.1) is 11.3 Å². The van der Waals surface area contributed by atoms with Gasteiger partial charge in [-0.2, -0.15) is 5.26 Å². The third-order valence-electron chi connectivity index (χ3n) is 3.76. The number of benzene rings is 2. The van der Waals surface area contributed by atoms with Crippen molar-refractivity contribution in [2.75, 3.05) is 13.1 Å². The average Bonchev–Trinajstić information content (AvgIpc) is 3.23. The van der Waals surface area contributed by atoms with Crippen molar-refractivity contribution in [3.63, 3.8) is 0 Å². The van der Waals surface area contributed by atoms with E-state index in [2.05, 4.69) is 16.4 Å². The van der Waals surface area contributed by atoms with Gasteiger partial charge in [-0.15, -0.1) is 0 Å². The Morgan fingerprint density at radius 2 is 1.86 bits per heavy atom. The second kappa shape index (κ2) is 5.05. The van der Waals surface area contributed by atoms with Gasteiger partial charge in [-0.25, -0.2) is 0 Å². The molecule has 2 heterocycles. The molecule has 1 aromatic heterocycles. The van der Waals surface area contributed by atoms with Crippen LogP contribution in [-0.4, -0.2) is 18.9 Å². The highest BCUT2D eigenvalue weighted by Crippen LogP contribution is 2.28. The molecule has 0 aliphatic carbocycles. The molecule has 3 aromatic rings. The first-order valence-corrected chi connectivity index (χ1v) is 7.16. The molecule has 1 aliphatic rings. The summed E-state index contributed by atoms with van der Waals surface area (Å²) in [5, 5.41) is 13.2. The molecule has 0 fully saturated rings. The smallest absolute Gasteiger partial charge is 0.135 e. The topological polar surface area (TPSA) is 61.3 Å².